The van der Waals surface area contributed by atoms with E-state index in [1.165, 1.54) is 12.8 Å². The summed E-state index contributed by atoms with van der Waals surface area (Å²) in [6.07, 6.45) is 8.60. The van der Waals surface area contributed by atoms with Crippen molar-refractivity contribution in [2.75, 3.05) is 50.7 Å². The monoisotopic (exact) mass is 862 g/mol. The largest absolute Gasteiger partial charge is 0.487 e. The Hall–Kier alpha value is -5.97. The van der Waals surface area contributed by atoms with Crippen LogP contribution in [0.3, 0.4) is 0 Å². The van der Waals surface area contributed by atoms with Gasteiger partial charge >= 0.3 is 0 Å². The van der Waals surface area contributed by atoms with Crippen LogP contribution in [0.1, 0.15) is 126 Å². The fraction of sp³-hybridized carbons (Fsp3) is 0.471. The number of nitriles is 1. The molecular weight excluding hydrogens is 805 g/mol. The maximum absolute atomic E-state index is 13.7. The maximum Gasteiger partial charge on any atom is 0.264 e. The van der Waals surface area contributed by atoms with Gasteiger partial charge in [0.05, 0.1) is 34.1 Å². The number of fused-ring (bicyclic) bond motifs is 1. The molecule has 4 aromatic rings. The molecule has 4 saturated heterocycles. The van der Waals surface area contributed by atoms with Crippen LogP contribution >= 0.6 is 0 Å². The van der Waals surface area contributed by atoms with Crippen molar-refractivity contribution in [1.82, 2.24) is 30.0 Å². The van der Waals surface area contributed by atoms with Crippen molar-refractivity contribution in [3.05, 3.63) is 118 Å². The average Bonchev–Trinajstić information content (AvgIpc) is 3.57. The van der Waals surface area contributed by atoms with Crippen molar-refractivity contribution in [3.63, 3.8) is 0 Å². The molecule has 0 bridgehead atoms. The van der Waals surface area contributed by atoms with E-state index in [4.69, 9.17) is 14.7 Å². The molecule has 4 fully saturated rings. The zero-order valence-corrected chi connectivity index (χ0v) is 37.2. The van der Waals surface area contributed by atoms with E-state index >= 15 is 0 Å². The Morgan fingerprint density at radius 1 is 0.828 bits per heavy atom. The van der Waals surface area contributed by atoms with Crippen molar-refractivity contribution in [3.8, 4) is 11.8 Å². The highest BCUT2D eigenvalue weighted by molar-refractivity contribution is 6.25. The standard InChI is InChI=1S/C51H58N8O5/c1-33-27-35(30-52)29-38(28-33)51(2,3)37-7-9-41(10-8-37)64-32-39-13-20-53-47(54-39)36-16-25-57(26-17-36)40-18-21-56(22-19-40)31-34-14-23-58(24-15-34)43-6-4-5-42-46(43)50(63)59(49(42)62)44-11-12-45(60)55-48(44)61/h4-10,13,20,27-29,34,36,40,44H,11-12,14-19,21-26,31-32H2,1-3H3,(H,55,60,61). The van der Waals surface area contributed by atoms with E-state index in [0.717, 1.165) is 116 Å². The highest BCUT2D eigenvalue weighted by atomic mass is 16.5. The number of ether oxygens (including phenoxy) is 1. The van der Waals surface area contributed by atoms with Crippen LogP contribution in [0.4, 0.5) is 5.69 Å². The third kappa shape index (κ3) is 8.91. The van der Waals surface area contributed by atoms with E-state index in [-0.39, 0.29) is 24.2 Å². The first-order chi connectivity index (χ1) is 30.9. The number of aromatic nitrogens is 2. The lowest BCUT2D eigenvalue weighted by molar-refractivity contribution is -0.136. The van der Waals surface area contributed by atoms with Crippen LogP contribution in [-0.4, -0.2) is 106 Å². The van der Waals surface area contributed by atoms with Gasteiger partial charge in [-0.1, -0.05) is 38.1 Å². The van der Waals surface area contributed by atoms with Crippen LogP contribution in [0.5, 0.6) is 5.75 Å². The molecule has 0 radical (unpaired) electrons. The summed E-state index contributed by atoms with van der Waals surface area (Å²) in [5, 5.41) is 11.8. The van der Waals surface area contributed by atoms with E-state index in [0.29, 0.717) is 41.2 Å². The van der Waals surface area contributed by atoms with Gasteiger partial charge in [0.15, 0.2) is 0 Å². The van der Waals surface area contributed by atoms with E-state index < -0.39 is 23.8 Å². The molecule has 1 N–H and O–H groups in total. The van der Waals surface area contributed by atoms with E-state index in [9.17, 15) is 24.4 Å². The molecule has 13 nitrogen and oxygen atoms in total. The number of carbonyl (C=O) groups is 4. The summed E-state index contributed by atoms with van der Waals surface area (Å²) in [5.74, 6) is 0.743. The minimum atomic E-state index is -0.965. The molecule has 5 aliphatic rings. The van der Waals surface area contributed by atoms with Gasteiger partial charge in [0.1, 0.15) is 24.2 Å². The summed E-state index contributed by atoms with van der Waals surface area (Å²) in [5.41, 5.74) is 6.12. The highest BCUT2D eigenvalue weighted by Gasteiger charge is 2.46. The van der Waals surface area contributed by atoms with Crippen LogP contribution in [0.15, 0.2) is 72.9 Å². The van der Waals surface area contributed by atoms with Gasteiger partial charge in [-0.25, -0.2) is 9.97 Å². The van der Waals surface area contributed by atoms with Gasteiger partial charge in [0.25, 0.3) is 11.8 Å². The summed E-state index contributed by atoms with van der Waals surface area (Å²) >= 11 is 0. The normalized spacial score (nSPS) is 20.9. The van der Waals surface area contributed by atoms with E-state index in [1.54, 1.807) is 6.07 Å². The number of hydrogen-bond acceptors (Lipinski definition) is 11. The predicted molar refractivity (Wildman–Crippen MR) is 242 cm³/mol. The number of likely N-dealkylation sites (tertiary alicyclic amines) is 2. The third-order valence-corrected chi connectivity index (χ3v) is 14.5. The Kier molecular flexibility index (Phi) is 12.3. The van der Waals surface area contributed by atoms with Crippen LogP contribution in [0.25, 0.3) is 0 Å². The molecule has 0 spiro atoms. The fourth-order valence-electron chi connectivity index (χ4n) is 10.7. The topological polar surface area (TPSA) is 152 Å². The van der Waals surface area contributed by atoms with Gasteiger partial charge < -0.3 is 19.4 Å². The zero-order chi connectivity index (χ0) is 44.5. The summed E-state index contributed by atoms with van der Waals surface area (Å²) in [6, 6.07) is 23.5. The summed E-state index contributed by atoms with van der Waals surface area (Å²) in [4.78, 5) is 69.7. The Morgan fingerprint density at radius 2 is 1.58 bits per heavy atom. The number of aryl methyl sites for hydroxylation is 1. The summed E-state index contributed by atoms with van der Waals surface area (Å²) in [6.45, 7) is 13.8. The Labute approximate surface area is 375 Å². The first kappa shape index (κ1) is 43.3. The third-order valence-electron chi connectivity index (χ3n) is 14.5. The minimum Gasteiger partial charge on any atom is -0.487 e. The SMILES string of the molecule is Cc1cc(C#N)cc(C(C)(C)c2ccc(OCc3ccnc(C4CCN(C5CCN(CC6CCN(c7cccc8c7C(=O)N(C7CCC(=O)NC7=O)C8=O)CC6)CC5)CC4)n3)cc2)c1. The van der Waals surface area contributed by atoms with Crippen molar-refractivity contribution in [2.24, 2.45) is 5.92 Å². The van der Waals surface area contributed by atoms with Gasteiger partial charge in [-0.05, 0) is 143 Å². The van der Waals surface area contributed by atoms with Gasteiger partial charge in [-0.15, -0.1) is 0 Å². The number of imide groups is 2. The number of nitrogens with one attached hydrogen (secondary N) is 1. The first-order valence-electron chi connectivity index (χ1n) is 23.1. The molecule has 1 unspecified atom stereocenters. The molecule has 5 aliphatic heterocycles. The van der Waals surface area contributed by atoms with Gasteiger partial charge in [0.2, 0.25) is 11.8 Å². The van der Waals surface area contributed by atoms with Gasteiger partial charge in [-0.2, -0.15) is 5.26 Å². The smallest absolute Gasteiger partial charge is 0.264 e. The first-order valence-corrected chi connectivity index (χ1v) is 23.1. The molecule has 0 saturated carbocycles. The minimum absolute atomic E-state index is 0.103. The number of anilines is 1. The highest BCUT2D eigenvalue weighted by Crippen LogP contribution is 2.37. The zero-order valence-electron chi connectivity index (χ0n) is 37.2. The lowest BCUT2D eigenvalue weighted by Gasteiger charge is -2.43. The van der Waals surface area contributed by atoms with E-state index in [1.807, 2.05) is 55.6 Å². The van der Waals surface area contributed by atoms with Crippen molar-refractivity contribution < 1.29 is 23.9 Å². The molecular formula is C51H58N8O5. The number of hydrogen-bond donors (Lipinski definition) is 1. The Bertz CT molecular complexity index is 2460. The summed E-state index contributed by atoms with van der Waals surface area (Å²) < 4.78 is 6.20. The predicted octanol–water partition coefficient (Wildman–Crippen LogP) is 6.52. The Morgan fingerprint density at radius 3 is 2.30 bits per heavy atom. The second kappa shape index (κ2) is 18.3. The second-order valence-corrected chi connectivity index (χ2v) is 19.0. The molecule has 332 valence electrons. The van der Waals surface area contributed by atoms with Crippen molar-refractivity contribution in [1.29, 1.82) is 5.26 Å². The number of rotatable bonds is 11. The molecule has 9 rings (SSSR count). The van der Waals surface area contributed by atoms with Crippen LogP contribution in [0, 0.1) is 24.2 Å². The second-order valence-electron chi connectivity index (χ2n) is 19.0. The maximum atomic E-state index is 13.7. The van der Waals surface area contributed by atoms with Gasteiger partial charge in [0, 0.05) is 49.6 Å². The molecule has 4 amide bonds. The van der Waals surface area contributed by atoms with Crippen LogP contribution in [0.2, 0.25) is 0 Å². The number of carbonyl (C=O) groups excluding carboxylic acids is 4. The molecule has 6 heterocycles. The number of benzene rings is 3. The van der Waals surface area contributed by atoms with Crippen LogP contribution in [-0.2, 0) is 21.6 Å². The lowest BCUT2D eigenvalue weighted by Crippen LogP contribution is -2.54. The average molecular weight is 863 g/mol. The number of nitrogens with zero attached hydrogens (tertiary/aromatic N) is 7. The molecule has 13 heteroatoms. The number of amides is 4. The van der Waals surface area contributed by atoms with Crippen molar-refractivity contribution in [2.45, 2.75) is 102 Å². The molecule has 1 atom stereocenters. The lowest BCUT2D eigenvalue weighted by atomic mass is 9.77. The quantitative estimate of drug-likeness (QED) is 0.164. The molecule has 64 heavy (non-hydrogen) atoms. The molecule has 1 aromatic heterocycles. The number of piperidine rings is 4. The van der Waals surface area contributed by atoms with Gasteiger partial charge in [-0.3, -0.25) is 29.4 Å². The Balaban J connectivity index is 0.708. The van der Waals surface area contributed by atoms with Crippen molar-refractivity contribution >= 4 is 29.3 Å². The fourth-order valence-corrected chi connectivity index (χ4v) is 10.7. The van der Waals surface area contributed by atoms with Crippen LogP contribution < -0.4 is 15.0 Å². The molecule has 0 aliphatic carbocycles. The molecule has 3 aromatic carbocycles. The van der Waals surface area contributed by atoms with E-state index in [2.05, 4.69) is 58.1 Å². The summed E-state index contributed by atoms with van der Waals surface area (Å²) in [7, 11) is 0.